The average molecular weight is 252 g/mol. The molecule has 0 saturated heterocycles. The van der Waals surface area contributed by atoms with Gasteiger partial charge in [0.1, 0.15) is 4.75 Å². The fourth-order valence-electron chi connectivity index (χ4n) is 1.95. The minimum atomic E-state index is -3.62. The number of fused-ring (bicyclic) bond motifs is 1. The van der Waals surface area contributed by atoms with Gasteiger partial charge >= 0.3 is 0 Å². The van der Waals surface area contributed by atoms with Crippen molar-refractivity contribution in [1.29, 1.82) is 0 Å². The van der Waals surface area contributed by atoms with Gasteiger partial charge in [-0.05, 0) is 12.8 Å². The molecule has 0 heterocycles. The molecule has 0 radical (unpaired) electrons. The molecule has 2 unspecified atom stereocenters. The van der Waals surface area contributed by atoms with E-state index in [2.05, 4.69) is 5.87 Å². The molecule has 1 aromatic rings. The van der Waals surface area contributed by atoms with Gasteiger partial charge in [0.2, 0.25) is 0 Å². The summed E-state index contributed by atoms with van der Waals surface area (Å²) in [5.74, 6) is 2.35. The maximum Gasteiger partial charge on any atom is 0.184 e. The number of hydrogen-bond acceptors (Lipinski definition) is 3. The highest BCUT2D eigenvalue weighted by atomic mass is 32.2. The lowest BCUT2D eigenvalue weighted by Gasteiger charge is -2.32. The van der Waals surface area contributed by atoms with E-state index in [-0.39, 0.29) is 17.8 Å². The molecule has 2 atom stereocenters. The van der Waals surface area contributed by atoms with Gasteiger partial charge in [-0.25, -0.2) is 4.21 Å². The van der Waals surface area contributed by atoms with Crippen molar-refractivity contribution >= 4 is 27.2 Å². The molecule has 0 aliphatic heterocycles. The Morgan fingerprint density at radius 2 is 1.82 bits per heavy atom. The molecule has 0 aromatic heterocycles. The Kier molecular flexibility index (Phi) is 2.48. The summed E-state index contributed by atoms with van der Waals surface area (Å²) in [7, 11) is -3.62. The Hall–Kier alpha value is -1.46. The van der Waals surface area contributed by atoms with Crippen LogP contribution in [0.3, 0.4) is 0 Å². The van der Waals surface area contributed by atoms with Gasteiger partial charge < -0.3 is 4.55 Å². The van der Waals surface area contributed by atoms with Crippen molar-refractivity contribution in [3.8, 4) is 0 Å². The number of benzene rings is 1. The number of carbonyl (C=O) groups is 2. The van der Waals surface area contributed by atoms with E-state index in [0.717, 1.165) is 0 Å². The van der Waals surface area contributed by atoms with E-state index in [9.17, 15) is 18.4 Å². The van der Waals surface area contributed by atoms with Crippen LogP contribution in [0.4, 0.5) is 0 Å². The van der Waals surface area contributed by atoms with E-state index < -0.39 is 20.3 Å². The predicted molar refractivity (Wildman–Crippen MR) is 66.0 cm³/mol. The van der Waals surface area contributed by atoms with E-state index in [4.69, 9.17) is 0 Å². The molecular formula is C12H12O4S. The number of carbonyl (C=O) groups excluding carboxylic acids is 2. The first kappa shape index (κ1) is 12.0. The fourth-order valence-corrected chi connectivity index (χ4v) is 2.70. The summed E-state index contributed by atoms with van der Waals surface area (Å²) < 4.78 is 19.6. The van der Waals surface area contributed by atoms with Gasteiger partial charge in [-0.3, -0.25) is 9.59 Å². The number of hydrogen-bond donors (Lipinski definition) is 1. The zero-order chi connectivity index (χ0) is 12.8. The molecule has 0 bridgehead atoms. The lowest BCUT2D eigenvalue weighted by molar-refractivity contribution is 0.0850. The van der Waals surface area contributed by atoms with E-state index in [1.54, 1.807) is 18.2 Å². The Labute approximate surface area is 99.5 Å². The first-order valence-corrected chi connectivity index (χ1v) is 6.72. The topological polar surface area (TPSA) is 71.4 Å². The second-order valence-electron chi connectivity index (χ2n) is 4.35. The Balaban J connectivity index is 2.70. The fraction of sp³-hybridized carbons (Fsp3) is 0.250. The molecule has 1 aliphatic rings. The van der Waals surface area contributed by atoms with Crippen LogP contribution >= 0.6 is 0 Å². The molecule has 0 saturated carbocycles. The average Bonchev–Trinajstić information content (AvgIpc) is 2.25. The maximum atomic E-state index is 12.2. The number of ketones is 2. The molecule has 4 nitrogen and oxygen atoms in total. The van der Waals surface area contributed by atoms with Crippen LogP contribution in [0.2, 0.25) is 0 Å². The van der Waals surface area contributed by atoms with Crippen molar-refractivity contribution in [2.45, 2.75) is 18.1 Å². The van der Waals surface area contributed by atoms with Crippen LogP contribution in [0.15, 0.2) is 24.3 Å². The normalized spacial score (nSPS) is 27.4. The van der Waals surface area contributed by atoms with Crippen molar-refractivity contribution in [3.05, 3.63) is 35.4 Å². The van der Waals surface area contributed by atoms with Gasteiger partial charge in [0.25, 0.3) is 0 Å². The van der Waals surface area contributed by atoms with Gasteiger partial charge in [0, 0.05) is 17.5 Å². The molecule has 17 heavy (non-hydrogen) atoms. The Bertz CT molecular complexity index is 615. The minimum absolute atomic E-state index is 0.205. The highest BCUT2D eigenvalue weighted by Crippen LogP contribution is 2.33. The zero-order valence-corrected chi connectivity index (χ0v) is 10.1. The molecule has 90 valence electrons. The van der Waals surface area contributed by atoms with Crippen LogP contribution in [0.1, 0.15) is 34.1 Å². The first-order valence-electron chi connectivity index (χ1n) is 5.03. The molecule has 0 fully saturated rings. The van der Waals surface area contributed by atoms with Crippen molar-refractivity contribution in [3.63, 3.8) is 0 Å². The summed E-state index contributed by atoms with van der Waals surface area (Å²) in [6, 6.07) is 6.33. The largest absolute Gasteiger partial charge is 0.313 e. The summed E-state index contributed by atoms with van der Waals surface area (Å²) >= 11 is 0. The third-order valence-corrected chi connectivity index (χ3v) is 4.89. The highest BCUT2D eigenvalue weighted by molar-refractivity contribution is 7.97. The van der Waals surface area contributed by atoms with E-state index in [1.807, 2.05) is 0 Å². The third kappa shape index (κ3) is 1.62. The van der Waals surface area contributed by atoms with Crippen LogP contribution < -0.4 is 0 Å². The van der Waals surface area contributed by atoms with Crippen LogP contribution in [-0.4, -0.2) is 30.9 Å². The summed E-state index contributed by atoms with van der Waals surface area (Å²) in [6.45, 7) is 1.32. The standard InChI is InChI=1S/C12H12O4S/c1-12(17(2,15)16)7-10(13)8-5-3-4-6-9(8)11(12)14/h3-6H,2,7H2,1H3,(H,15,16). The van der Waals surface area contributed by atoms with Crippen LogP contribution in [0.5, 0.6) is 0 Å². The quantitative estimate of drug-likeness (QED) is 0.767. The molecule has 5 heteroatoms. The predicted octanol–water partition coefficient (Wildman–Crippen LogP) is 1.40. The molecule has 1 N–H and O–H groups in total. The van der Waals surface area contributed by atoms with Crippen molar-refractivity contribution in [2.24, 2.45) is 0 Å². The molecule has 0 spiro atoms. The van der Waals surface area contributed by atoms with E-state index >= 15 is 0 Å². The molecule has 2 rings (SSSR count). The highest BCUT2D eigenvalue weighted by Gasteiger charge is 2.47. The van der Waals surface area contributed by atoms with Crippen molar-refractivity contribution in [1.82, 2.24) is 0 Å². The second kappa shape index (κ2) is 3.51. The van der Waals surface area contributed by atoms with E-state index in [0.29, 0.717) is 5.56 Å². The summed E-state index contributed by atoms with van der Waals surface area (Å²) in [5.41, 5.74) is 0.523. The molecular weight excluding hydrogens is 240 g/mol. The SMILES string of the molecule is C=S(=O)(O)C1(C)CC(=O)c2ccccc2C1=O. The molecule has 0 amide bonds. The first-order chi connectivity index (χ1) is 7.77. The van der Waals surface area contributed by atoms with Gasteiger partial charge in [-0.2, -0.15) is 0 Å². The van der Waals surface area contributed by atoms with Gasteiger partial charge in [-0.15, -0.1) is 0 Å². The second-order valence-corrected chi connectivity index (χ2v) is 6.53. The minimum Gasteiger partial charge on any atom is -0.313 e. The lowest BCUT2D eigenvalue weighted by Crippen LogP contribution is -2.48. The summed E-state index contributed by atoms with van der Waals surface area (Å²) in [5, 5.41) is 0. The Morgan fingerprint density at radius 1 is 1.29 bits per heavy atom. The van der Waals surface area contributed by atoms with Crippen LogP contribution in [-0.2, 0) is 9.80 Å². The lowest BCUT2D eigenvalue weighted by atomic mass is 9.82. The smallest absolute Gasteiger partial charge is 0.184 e. The number of rotatable bonds is 1. The van der Waals surface area contributed by atoms with Crippen LogP contribution in [0, 0.1) is 0 Å². The maximum absolute atomic E-state index is 12.2. The van der Waals surface area contributed by atoms with Crippen molar-refractivity contribution in [2.75, 3.05) is 0 Å². The summed E-state index contributed by atoms with van der Waals surface area (Å²) in [4.78, 5) is 24.1. The van der Waals surface area contributed by atoms with Crippen LogP contribution in [0.25, 0.3) is 0 Å². The van der Waals surface area contributed by atoms with Gasteiger partial charge in [0.05, 0.1) is 9.80 Å². The molecule has 1 aromatic carbocycles. The van der Waals surface area contributed by atoms with Gasteiger partial charge in [-0.1, -0.05) is 24.3 Å². The zero-order valence-electron chi connectivity index (χ0n) is 9.30. The van der Waals surface area contributed by atoms with Crippen molar-refractivity contribution < 1.29 is 18.4 Å². The third-order valence-electron chi connectivity index (χ3n) is 3.15. The molecule has 1 aliphatic carbocycles. The van der Waals surface area contributed by atoms with Gasteiger partial charge in [0.15, 0.2) is 11.6 Å². The van der Waals surface area contributed by atoms with E-state index in [1.165, 1.54) is 13.0 Å². The monoisotopic (exact) mass is 252 g/mol. The number of Topliss-reactive ketones (excluding diaryl/α,β-unsaturated/α-hetero) is 2. The summed E-state index contributed by atoms with van der Waals surface area (Å²) in [6.07, 6.45) is -0.276. The Morgan fingerprint density at radius 3 is 2.35 bits per heavy atom.